The highest BCUT2D eigenvalue weighted by molar-refractivity contribution is 6.30. The van der Waals surface area contributed by atoms with Crippen LogP contribution in [0.25, 0.3) is 6.08 Å². The van der Waals surface area contributed by atoms with Crippen LogP contribution in [0, 0.1) is 0 Å². The summed E-state index contributed by atoms with van der Waals surface area (Å²) in [6, 6.07) is 6.62. The van der Waals surface area contributed by atoms with E-state index >= 15 is 0 Å². The fourth-order valence-corrected chi connectivity index (χ4v) is 3.87. The molecule has 0 unspecified atom stereocenters. The predicted octanol–water partition coefficient (Wildman–Crippen LogP) is 2.89. The molecule has 136 valence electrons. The van der Waals surface area contributed by atoms with Crippen LogP contribution in [0.5, 0.6) is 11.5 Å². The van der Waals surface area contributed by atoms with Crippen LogP contribution in [0.3, 0.4) is 0 Å². The average molecular weight is 364 g/mol. The molecule has 2 aliphatic carbocycles. The number of fused-ring (bicyclic) bond motifs is 3. The molecule has 0 saturated carbocycles. The molecule has 6 heteroatoms. The van der Waals surface area contributed by atoms with Gasteiger partial charge in [0.1, 0.15) is 11.5 Å². The van der Waals surface area contributed by atoms with Crippen molar-refractivity contribution in [3.63, 3.8) is 0 Å². The summed E-state index contributed by atoms with van der Waals surface area (Å²) in [4.78, 5) is 37.8. The van der Waals surface area contributed by atoms with Gasteiger partial charge in [-0.25, -0.2) is 4.79 Å². The number of ether oxygens (including phenoxy) is 2. The summed E-state index contributed by atoms with van der Waals surface area (Å²) >= 11 is 0. The number of carboxylic acids is 1. The van der Waals surface area contributed by atoms with E-state index in [0.717, 1.165) is 0 Å². The first-order chi connectivity index (χ1) is 13.0. The molecule has 2 aromatic carbocycles. The van der Waals surface area contributed by atoms with Crippen LogP contribution in [0.15, 0.2) is 29.8 Å². The topological polar surface area (TPSA) is 89.9 Å². The van der Waals surface area contributed by atoms with Gasteiger partial charge in [-0.2, -0.15) is 0 Å². The lowest BCUT2D eigenvalue weighted by atomic mass is 9.78. The SMILES string of the molecule is COc1c2c(c(OC)c3c1C(=O)c1ccccc1C3=O)CCC(C(=O)O)=C2. The van der Waals surface area contributed by atoms with Gasteiger partial charge in [-0.1, -0.05) is 24.3 Å². The lowest BCUT2D eigenvalue weighted by Crippen LogP contribution is -2.24. The number of rotatable bonds is 3. The number of carbonyl (C=O) groups excluding carboxylic acids is 2. The van der Waals surface area contributed by atoms with Crippen LogP contribution in [-0.4, -0.2) is 36.9 Å². The zero-order valence-corrected chi connectivity index (χ0v) is 14.8. The number of hydrogen-bond acceptors (Lipinski definition) is 5. The number of hydrogen-bond donors (Lipinski definition) is 1. The normalized spacial score (nSPS) is 14.7. The van der Waals surface area contributed by atoms with E-state index in [1.165, 1.54) is 20.3 Å². The lowest BCUT2D eigenvalue weighted by molar-refractivity contribution is -0.132. The summed E-state index contributed by atoms with van der Waals surface area (Å²) in [6.07, 6.45) is 2.18. The Morgan fingerprint density at radius 1 is 0.926 bits per heavy atom. The Kier molecular flexibility index (Phi) is 3.84. The maximum atomic E-state index is 13.2. The minimum Gasteiger partial charge on any atom is -0.496 e. The predicted molar refractivity (Wildman–Crippen MR) is 96.8 cm³/mol. The molecule has 0 aromatic heterocycles. The van der Waals surface area contributed by atoms with Gasteiger partial charge in [-0.05, 0) is 18.9 Å². The number of carbonyl (C=O) groups is 3. The lowest BCUT2D eigenvalue weighted by Gasteiger charge is -2.27. The molecule has 4 rings (SSSR count). The molecular weight excluding hydrogens is 348 g/mol. The second-order valence-corrected chi connectivity index (χ2v) is 6.39. The van der Waals surface area contributed by atoms with Crippen LogP contribution in [0.4, 0.5) is 0 Å². The Hall–Kier alpha value is -3.41. The monoisotopic (exact) mass is 364 g/mol. The maximum Gasteiger partial charge on any atom is 0.331 e. The number of ketones is 2. The first-order valence-corrected chi connectivity index (χ1v) is 8.42. The van der Waals surface area contributed by atoms with Crippen LogP contribution in [0.1, 0.15) is 49.4 Å². The van der Waals surface area contributed by atoms with Crippen LogP contribution < -0.4 is 9.47 Å². The second kappa shape index (κ2) is 6.09. The highest BCUT2D eigenvalue weighted by atomic mass is 16.5. The van der Waals surface area contributed by atoms with Crippen molar-refractivity contribution in [2.45, 2.75) is 12.8 Å². The summed E-state index contributed by atoms with van der Waals surface area (Å²) in [5.74, 6) is -1.13. The summed E-state index contributed by atoms with van der Waals surface area (Å²) in [6.45, 7) is 0. The molecule has 0 heterocycles. The molecule has 2 aromatic rings. The van der Waals surface area contributed by atoms with Gasteiger partial charge < -0.3 is 14.6 Å². The fraction of sp³-hybridized carbons (Fsp3) is 0.190. The Bertz CT molecular complexity index is 1060. The van der Waals surface area contributed by atoms with E-state index in [1.54, 1.807) is 24.3 Å². The summed E-state index contributed by atoms with van der Waals surface area (Å²) in [5, 5.41) is 9.36. The minimum absolute atomic E-state index is 0.125. The van der Waals surface area contributed by atoms with Crippen molar-refractivity contribution in [2.75, 3.05) is 14.2 Å². The highest BCUT2D eigenvalue weighted by Crippen LogP contribution is 2.46. The summed E-state index contributed by atoms with van der Waals surface area (Å²) in [5.41, 5.74) is 2.32. The van der Waals surface area contributed by atoms with Crippen molar-refractivity contribution >= 4 is 23.6 Å². The standard InChI is InChI=1S/C21H16O6/c1-26-19-13-8-7-10(21(24)25)9-14(13)20(27-2)16-15(19)17(22)11-5-3-4-6-12(11)18(16)23/h3-6,9H,7-8H2,1-2H3,(H,24,25). The van der Waals surface area contributed by atoms with Gasteiger partial charge in [0.25, 0.3) is 0 Å². The third-order valence-corrected chi connectivity index (χ3v) is 5.06. The third kappa shape index (κ3) is 2.30. The van der Waals surface area contributed by atoms with E-state index in [-0.39, 0.29) is 34.0 Å². The van der Waals surface area contributed by atoms with E-state index in [9.17, 15) is 19.5 Å². The quantitative estimate of drug-likeness (QED) is 0.769. The number of carboxylic acid groups (broad SMARTS) is 1. The molecule has 0 spiro atoms. The Labute approximate surface area is 155 Å². The second-order valence-electron chi connectivity index (χ2n) is 6.39. The molecular formula is C21H16O6. The van der Waals surface area contributed by atoms with Crippen molar-refractivity contribution in [2.24, 2.45) is 0 Å². The molecule has 0 aliphatic heterocycles. The van der Waals surface area contributed by atoms with Gasteiger partial charge in [0.15, 0.2) is 11.6 Å². The number of methoxy groups -OCH3 is 2. The van der Waals surface area contributed by atoms with E-state index < -0.39 is 5.97 Å². The zero-order valence-electron chi connectivity index (χ0n) is 14.8. The van der Waals surface area contributed by atoms with Crippen LogP contribution in [-0.2, 0) is 11.2 Å². The third-order valence-electron chi connectivity index (χ3n) is 5.06. The Morgan fingerprint density at radius 2 is 1.48 bits per heavy atom. The van der Waals surface area contributed by atoms with E-state index in [0.29, 0.717) is 40.8 Å². The van der Waals surface area contributed by atoms with Gasteiger partial charge in [0.05, 0.1) is 25.3 Å². The van der Waals surface area contributed by atoms with E-state index in [4.69, 9.17) is 9.47 Å². The number of benzene rings is 2. The molecule has 0 fully saturated rings. The summed E-state index contributed by atoms with van der Waals surface area (Å²) < 4.78 is 11.0. The first kappa shape index (κ1) is 17.0. The van der Waals surface area contributed by atoms with Gasteiger partial charge >= 0.3 is 5.97 Å². The highest BCUT2D eigenvalue weighted by Gasteiger charge is 2.39. The molecule has 0 amide bonds. The van der Waals surface area contributed by atoms with Crippen LogP contribution in [0.2, 0.25) is 0 Å². The van der Waals surface area contributed by atoms with E-state index in [2.05, 4.69) is 0 Å². The molecule has 0 saturated heterocycles. The van der Waals surface area contributed by atoms with Gasteiger partial charge in [-0.3, -0.25) is 9.59 Å². The molecule has 0 atom stereocenters. The molecule has 0 bridgehead atoms. The number of aliphatic carboxylic acids is 1. The molecule has 6 nitrogen and oxygen atoms in total. The summed E-state index contributed by atoms with van der Waals surface area (Å²) in [7, 11) is 2.85. The Morgan fingerprint density at radius 3 is 2.00 bits per heavy atom. The molecule has 2 aliphatic rings. The fourth-order valence-electron chi connectivity index (χ4n) is 3.87. The van der Waals surface area contributed by atoms with Gasteiger partial charge in [0, 0.05) is 27.8 Å². The average Bonchev–Trinajstić information content (AvgIpc) is 2.69. The van der Waals surface area contributed by atoms with Crippen LogP contribution >= 0.6 is 0 Å². The van der Waals surface area contributed by atoms with Crippen molar-refractivity contribution in [1.29, 1.82) is 0 Å². The molecule has 0 radical (unpaired) electrons. The van der Waals surface area contributed by atoms with E-state index in [1.807, 2.05) is 0 Å². The largest absolute Gasteiger partial charge is 0.496 e. The molecule has 27 heavy (non-hydrogen) atoms. The smallest absolute Gasteiger partial charge is 0.331 e. The van der Waals surface area contributed by atoms with Crippen molar-refractivity contribution in [3.8, 4) is 11.5 Å². The van der Waals surface area contributed by atoms with Crippen molar-refractivity contribution in [1.82, 2.24) is 0 Å². The minimum atomic E-state index is -1.02. The Balaban J connectivity index is 2.11. The zero-order chi connectivity index (χ0) is 19.3. The van der Waals surface area contributed by atoms with Gasteiger partial charge in [0.2, 0.25) is 0 Å². The first-order valence-electron chi connectivity index (χ1n) is 8.42. The molecule has 1 N–H and O–H groups in total. The van der Waals surface area contributed by atoms with Crippen molar-refractivity contribution in [3.05, 3.63) is 63.2 Å². The maximum absolute atomic E-state index is 13.2. The van der Waals surface area contributed by atoms with Crippen molar-refractivity contribution < 1.29 is 29.0 Å². The van der Waals surface area contributed by atoms with Gasteiger partial charge in [-0.15, -0.1) is 0 Å².